The normalized spacial score (nSPS) is 10.9. The van der Waals surface area contributed by atoms with Crippen molar-refractivity contribution in [1.29, 1.82) is 0 Å². The van der Waals surface area contributed by atoms with E-state index >= 15 is 0 Å². The maximum Gasteiger partial charge on any atom is 0.271 e. The standard InChI is InChI=1S/C13H8BrIN2O3/c14-10-6-9(17(19)20)5-8(13(10)18)7-16-12-4-2-1-3-11(12)15/h1-7,18H. The van der Waals surface area contributed by atoms with Crippen molar-refractivity contribution in [3.05, 3.63) is 60.1 Å². The summed E-state index contributed by atoms with van der Waals surface area (Å²) in [6.45, 7) is 0. The molecule has 20 heavy (non-hydrogen) atoms. The molecule has 0 spiro atoms. The number of rotatable bonds is 3. The van der Waals surface area contributed by atoms with Gasteiger partial charge in [-0.15, -0.1) is 0 Å². The second-order valence-corrected chi connectivity index (χ2v) is 5.85. The van der Waals surface area contributed by atoms with Crippen molar-refractivity contribution < 1.29 is 10.0 Å². The molecule has 5 nitrogen and oxygen atoms in total. The monoisotopic (exact) mass is 446 g/mol. The van der Waals surface area contributed by atoms with E-state index < -0.39 is 4.92 Å². The molecule has 0 heterocycles. The summed E-state index contributed by atoms with van der Waals surface area (Å²) in [5.74, 6) is -0.0784. The topological polar surface area (TPSA) is 75.7 Å². The van der Waals surface area contributed by atoms with E-state index in [2.05, 4.69) is 43.5 Å². The first-order valence-corrected chi connectivity index (χ1v) is 7.31. The SMILES string of the molecule is O=[N+]([O-])c1cc(Br)c(O)c(C=Nc2ccccc2I)c1. The van der Waals surface area contributed by atoms with Gasteiger partial charge in [-0.1, -0.05) is 12.1 Å². The van der Waals surface area contributed by atoms with E-state index in [1.54, 1.807) is 0 Å². The summed E-state index contributed by atoms with van der Waals surface area (Å²) in [6, 6.07) is 9.98. The molecule has 0 aliphatic carbocycles. The summed E-state index contributed by atoms with van der Waals surface area (Å²) >= 11 is 5.23. The van der Waals surface area contributed by atoms with Crippen LogP contribution in [0.1, 0.15) is 5.56 Å². The van der Waals surface area contributed by atoms with Gasteiger partial charge < -0.3 is 5.11 Å². The smallest absolute Gasteiger partial charge is 0.271 e. The summed E-state index contributed by atoms with van der Waals surface area (Å²) in [5.41, 5.74) is 0.903. The highest BCUT2D eigenvalue weighted by atomic mass is 127. The molecule has 0 aliphatic rings. The van der Waals surface area contributed by atoms with Crippen LogP contribution in [0.25, 0.3) is 0 Å². The number of phenolic OH excluding ortho intramolecular Hbond substituents is 1. The molecule has 1 N–H and O–H groups in total. The number of aliphatic imine (C=N–C) groups is 1. The molecule has 2 rings (SSSR count). The zero-order valence-electron chi connectivity index (χ0n) is 9.96. The number of nitrogens with zero attached hydrogens (tertiary/aromatic N) is 2. The van der Waals surface area contributed by atoms with Crippen molar-refractivity contribution in [1.82, 2.24) is 0 Å². The third-order valence-corrected chi connectivity index (χ3v) is 4.00. The average molecular weight is 447 g/mol. The van der Waals surface area contributed by atoms with Crippen LogP contribution in [0.2, 0.25) is 0 Å². The minimum atomic E-state index is -0.520. The third-order valence-electron chi connectivity index (χ3n) is 2.48. The van der Waals surface area contributed by atoms with Crippen LogP contribution in [-0.4, -0.2) is 16.2 Å². The van der Waals surface area contributed by atoms with Crippen LogP contribution in [0.4, 0.5) is 11.4 Å². The molecule has 0 radical (unpaired) electrons. The Bertz CT molecular complexity index is 704. The molecule has 7 heteroatoms. The molecule has 0 fully saturated rings. The number of benzene rings is 2. The number of phenols is 1. The highest BCUT2D eigenvalue weighted by molar-refractivity contribution is 14.1. The van der Waals surface area contributed by atoms with Gasteiger partial charge in [0, 0.05) is 27.5 Å². The minimum Gasteiger partial charge on any atom is -0.506 e. The van der Waals surface area contributed by atoms with Gasteiger partial charge in [0.15, 0.2) is 0 Å². The van der Waals surface area contributed by atoms with E-state index in [0.29, 0.717) is 0 Å². The first kappa shape index (κ1) is 14.9. The highest BCUT2D eigenvalue weighted by Crippen LogP contribution is 2.32. The van der Waals surface area contributed by atoms with E-state index in [4.69, 9.17) is 0 Å². The number of non-ortho nitro benzene ring substituents is 1. The molecule has 102 valence electrons. The van der Waals surface area contributed by atoms with Crippen LogP contribution in [0.3, 0.4) is 0 Å². The van der Waals surface area contributed by atoms with Crippen LogP contribution in [0.15, 0.2) is 45.9 Å². The summed E-state index contributed by atoms with van der Waals surface area (Å²) in [5, 5.41) is 20.7. The molecule has 0 aromatic heterocycles. The maximum atomic E-state index is 10.8. The van der Waals surface area contributed by atoms with Crippen molar-refractivity contribution in [3.8, 4) is 5.75 Å². The predicted octanol–water partition coefficient (Wildman–Crippen LogP) is 4.42. The Morgan fingerprint density at radius 1 is 1.35 bits per heavy atom. The Hall–Kier alpha value is -1.48. The van der Waals surface area contributed by atoms with E-state index in [1.165, 1.54) is 18.3 Å². The average Bonchev–Trinajstić information content (AvgIpc) is 2.41. The van der Waals surface area contributed by atoms with Gasteiger partial charge in [0.05, 0.1) is 15.1 Å². The molecule has 0 saturated heterocycles. The lowest BCUT2D eigenvalue weighted by Gasteiger charge is -2.02. The van der Waals surface area contributed by atoms with Crippen LogP contribution >= 0.6 is 38.5 Å². The fraction of sp³-hybridized carbons (Fsp3) is 0. The van der Waals surface area contributed by atoms with Crippen molar-refractivity contribution in [3.63, 3.8) is 0 Å². The zero-order valence-corrected chi connectivity index (χ0v) is 13.7. The minimum absolute atomic E-state index is 0.0784. The second-order valence-electron chi connectivity index (χ2n) is 3.83. The largest absolute Gasteiger partial charge is 0.506 e. The lowest BCUT2D eigenvalue weighted by molar-refractivity contribution is -0.385. The van der Waals surface area contributed by atoms with Gasteiger partial charge >= 0.3 is 0 Å². The summed E-state index contributed by atoms with van der Waals surface area (Å²) in [6.07, 6.45) is 1.41. The quantitative estimate of drug-likeness (QED) is 0.328. The number of aromatic hydroxyl groups is 1. The van der Waals surface area contributed by atoms with Gasteiger partial charge in [-0.05, 0) is 50.7 Å². The summed E-state index contributed by atoms with van der Waals surface area (Å²) in [7, 11) is 0. The van der Waals surface area contributed by atoms with Crippen molar-refractivity contribution in [2.75, 3.05) is 0 Å². The predicted molar refractivity (Wildman–Crippen MR) is 88.9 cm³/mol. The lowest BCUT2D eigenvalue weighted by Crippen LogP contribution is -1.92. The number of hydrogen-bond donors (Lipinski definition) is 1. The van der Waals surface area contributed by atoms with Gasteiger partial charge in [0.25, 0.3) is 5.69 Å². The number of hydrogen-bond acceptors (Lipinski definition) is 4. The van der Waals surface area contributed by atoms with E-state index in [1.807, 2.05) is 24.3 Å². The third kappa shape index (κ3) is 3.34. The Labute approximate surface area is 136 Å². The van der Waals surface area contributed by atoms with Gasteiger partial charge in [-0.2, -0.15) is 0 Å². The fourth-order valence-electron chi connectivity index (χ4n) is 1.50. The second kappa shape index (κ2) is 6.31. The van der Waals surface area contributed by atoms with Crippen LogP contribution in [0, 0.1) is 13.7 Å². The molecule has 0 unspecified atom stereocenters. The van der Waals surface area contributed by atoms with Crippen LogP contribution < -0.4 is 0 Å². The lowest BCUT2D eigenvalue weighted by atomic mass is 10.2. The Morgan fingerprint density at radius 2 is 2.05 bits per heavy atom. The molecule has 0 aliphatic heterocycles. The molecule has 2 aromatic rings. The first-order chi connectivity index (χ1) is 9.49. The maximum absolute atomic E-state index is 10.8. The molecule has 0 atom stereocenters. The van der Waals surface area contributed by atoms with Gasteiger partial charge in [0.1, 0.15) is 5.75 Å². The molecule has 2 aromatic carbocycles. The van der Waals surface area contributed by atoms with Gasteiger partial charge in [-0.25, -0.2) is 0 Å². The Morgan fingerprint density at radius 3 is 2.70 bits per heavy atom. The molecular weight excluding hydrogens is 439 g/mol. The Kier molecular flexibility index (Phi) is 4.71. The van der Waals surface area contributed by atoms with Crippen molar-refractivity contribution in [2.45, 2.75) is 0 Å². The number of halogens is 2. The number of nitro benzene ring substituents is 1. The van der Waals surface area contributed by atoms with E-state index in [-0.39, 0.29) is 21.5 Å². The summed E-state index contributed by atoms with van der Waals surface area (Å²) < 4.78 is 1.21. The van der Waals surface area contributed by atoms with Crippen molar-refractivity contribution >= 4 is 56.1 Å². The fourth-order valence-corrected chi connectivity index (χ4v) is 2.49. The zero-order chi connectivity index (χ0) is 14.7. The summed E-state index contributed by atoms with van der Waals surface area (Å²) in [4.78, 5) is 14.5. The molecular formula is C13H8BrIN2O3. The number of para-hydroxylation sites is 1. The van der Waals surface area contributed by atoms with E-state index in [9.17, 15) is 15.2 Å². The molecule has 0 bridgehead atoms. The molecule has 0 amide bonds. The van der Waals surface area contributed by atoms with Gasteiger partial charge in [-0.3, -0.25) is 15.1 Å². The Balaban J connectivity index is 2.43. The van der Waals surface area contributed by atoms with Crippen LogP contribution in [0.5, 0.6) is 5.75 Å². The highest BCUT2D eigenvalue weighted by Gasteiger charge is 2.13. The molecule has 0 saturated carbocycles. The first-order valence-electron chi connectivity index (χ1n) is 5.44. The van der Waals surface area contributed by atoms with Gasteiger partial charge in [0.2, 0.25) is 0 Å². The number of nitro groups is 1. The van der Waals surface area contributed by atoms with Crippen molar-refractivity contribution in [2.24, 2.45) is 4.99 Å². The van der Waals surface area contributed by atoms with E-state index in [0.717, 1.165) is 9.26 Å². The van der Waals surface area contributed by atoms with Crippen LogP contribution in [-0.2, 0) is 0 Å².